The highest BCUT2D eigenvalue weighted by Crippen LogP contribution is 2.23. The summed E-state index contributed by atoms with van der Waals surface area (Å²) in [4.78, 5) is 26.9. The second-order valence-corrected chi connectivity index (χ2v) is 8.73. The Kier molecular flexibility index (Phi) is 8.93. The molecule has 1 aromatic carbocycles. The lowest BCUT2D eigenvalue weighted by Crippen LogP contribution is -2.27. The number of benzene rings is 1. The van der Waals surface area contributed by atoms with Gasteiger partial charge in [0, 0.05) is 29.4 Å². The molecule has 0 atom stereocenters. The standard InChI is InChI=1S/C27H37NO3/c1-3-4-13-23-24-14-11-9-7-5-6-8-10-12-15-26(29)25(23)20-28(27(24)30)21-16-18-22(31-2)19-17-21/h16-20H,3-15H2,1-2H3. The Balaban J connectivity index is 2.10. The van der Waals surface area contributed by atoms with Crippen LogP contribution in [0.2, 0.25) is 0 Å². The molecular weight excluding hydrogens is 386 g/mol. The van der Waals surface area contributed by atoms with Crippen molar-refractivity contribution in [3.63, 3.8) is 0 Å². The molecule has 0 saturated heterocycles. The highest BCUT2D eigenvalue weighted by Gasteiger charge is 2.20. The van der Waals surface area contributed by atoms with Gasteiger partial charge in [0.1, 0.15) is 5.75 Å². The van der Waals surface area contributed by atoms with Gasteiger partial charge in [0.05, 0.1) is 7.11 Å². The monoisotopic (exact) mass is 423 g/mol. The van der Waals surface area contributed by atoms with Crippen LogP contribution in [0.15, 0.2) is 35.3 Å². The largest absolute Gasteiger partial charge is 0.497 e. The van der Waals surface area contributed by atoms with Crippen molar-refractivity contribution in [2.75, 3.05) is 7.11 Å². The molecule has 0 saturated carbocycles. The number of nitrogens with zero attached hydrogens (tertiary/aromatic N) is 1. The average Bonchev–Trinajstić information content (AvgIpc) is 2.79. The van der Waals surface area contributed by atoms with Gasteiger partial charge in [0.2, 0.25) is 0 Å². The minimum absolute atomic E-state index is 0.0277. The van der Waals surface area contributed by atoms with Crippen LogP contribution in [0, 0.1) is 0 Å². The van der Waals surface area contributed by atoms with E-state index in [1.54, 1.807) is 11.7 Å². The lowest BCUT2D eigenvalue weighted by molar-refractivity contribution is 0.0977. The third kappa shape index (κ3) is 6.09. The number of Topliss-reactive ketones (excluding diaryl/α,β-unsaturated/α-hetero) is 1. The van der Waals surface area contributed by atoms with Crippen LogP contribution < -0.4 is 10.3 Å². The molecule has 2 bridgehead atoms. The average molecular weight is 424 g/mol. The first kappa shape index (κ1) is 23.3. The molecule has 1 aliphatic rings. The van der Waals surface area contributed by atoms with Gasteiger partial charge in [-0.05, 0) is 61.9 Å². The summed E-state index contributed by atoms with van der Waals surface area (Å²) >= 11 is 0. The zero-order chi connectivity index (χ0) is 22.1. The van der Waals surface area contributed by atoms with Crippen molar-refractivity contribution < 1.29 is 9.53 Å². The highest BCUT2D eigenvalue weighted by molar-refractivity contribution is 5.97. The van der Waals surface area contributed by atoms with Gasteiger partial charge in [0.15, 0.2) is 5.78 Å². The number of hydrogen-bond donors (Lipinski definition) is 0. The normalized spacial score (nSPS) is 16.0. The van der Waals surface area contributed by atoms with Crippen molar-refractivity contribution in [2.24, 2.45) is 0 Å². The van der Waals surface area contributed by atoms with Gasteiger partial charge in [-0.25, -0.2) is 0 Å². The number of rotatable bonds is 5. The fraction of sp³-hybridized carbons (Fsp3) is 0.556. The van der Waals surface area contributed by atoms with E-state index in [0.717, 1.165) is 79.5 Å². The van der Waals surface area contributed by atoms with Gasteiger partial charge in [0.25, 0.3) is 5.56 Å². The van der Waals surface area contributed by atoms with Crippen molar-refractivity contribution >= 4 is 5.78 Å². The minimum atomic E-state index is 0.0277. The second kappa shape index (κ2) is 11.9. The van der Waals surface area contributed by atoms with E-state index in [-0.39, 0.29) is 11.3 Å². The lowest BCUT2D eigenvalue weighted by Gasteiger charge is -2.18. The van der Waals surface area contributed by atoms with Crippen molar-refractivity contribution in [1.82, 2.24) is 4.57 Å². The van der Waals surface area contributed by atoms with Crippen LogP contribution in [0.1, 0.15) is 99.0 Å². The summed E-state index contributed by atoms with van der Waals surface area (Å²) in [6.45, 7) is 2.16. The van der Waals surface area contributed by atoms with Crippen molar-refractivity contribution in [3.05, 3.63) is 57.5 Å². The predicted molar refractivity (Wildman–Crippen MR) is 127 cm³/mol. The Morgan fingerprint density at radius 1 is 0.871 bits per heavy atom. The van der Waals surface area contributed by atoms with Crippen LogP contribution in [0.4, 0.5) is 0 Å². The maximum atomic E-state index is 13.6. The Morgan fingerprint density at radius 2 is 1.48 bits per heavy atom. The molecule has 168 valence electrons. The molecule has 1 aliphatic carbocycles. The number of unbranched alkanes of at least 4 members (excludes halogenated alkanes) is 1. The maximum Gasteiger partial charge on any atom is 0.258 e. The number of carbonyl (C=O) groups is 1. The molecule has 0 amide bonds. The van der Waals surface area contributed by atoms with Gasteiger partial charge in [-0.1, -0.05) is 51.9 Å². The van der Waals surface area contributed by atoms with Crippen molar-refractivity contribution in [3.8, 4) is 11.4 Å². The van der Waals surface area contributed by atoms with Gasteiger partial charge in [-0.3, -0.25) is 14.2 Å². The smallest absolute Gasteiger partial charge is 0.258 e. The molecule has 4 nitrogen and oxygen atoms in total. The van der Waals surface area contributed by atoms with Crippen LogP contribution in [-0.2, 0) is 12.8 Å². The Hall–Kier alpha value is -2.36. The number of aromatic nitrogens is 1. The molecule has 2 aromatic rings. The van der Waals surface area contributed by atoms with E-state index in [2.05, 4.69) is 6.92 Å². The molecule has 0 fully saturated rings. The second-order valence-electron chi connectivity index (χ2n) is 8.73. The topological polar surface area (TPSA) is 48.3 Å². The maximum absolute atomic E-state index is 13.6. The molecule has 0 unspecified atom stereocenters. The number of ether oxygens (including phenoxy) is 1. The third-order valence-corrected chi connectivity index (χ3v) is 6.44. The molecule has 0 radical (unpaired) electrons. The van der Waals surface area contributed by atoms with Crippen molar-refractivity contribution in [1.29, 1.82) is 0 Å². The van der Waals surface area contributed by atoms with Gasteiger partial charge < -0.3 is 4.74 Å². The van der Waals surface area contributed by atoms with Crippen LogP contribution in [-0.4, -0.2) is 17.5 Å². The van der Waals surface area contributed by atoms with E-state index in [1.165, 1.54) is 25.7 Å². The minimum Gasteiger partial charge on any atom is -0.497 e. The zero-order valence-corrected chi connectivity index (χ0v) is 19.3. The quantitative estimate of drug-likeness (QED) is 0.556. The lowest BCUT2D eigenvalue weighted by atomic mass is 9.91. The molecule has 31 heavy (non-hydrogen) atoms. The summed E-state index contributed by atoms with van der Waals surface area (Å²) in [6.07, 6.45) is 15.2. The predicted octanol–water partition coefficient (Wildman–Crippen LogP) is 6.44. The number of fused-ring (bicyclic) bond motifs is 2. The third-order valence-electron chi connectivity index (χ3n) is 6.44. The highest BCUT2D eigenvalue weighted by atomic mass is 16.5. The van der Waals surface area contributed by atoms with Crippen LogP contribution in [0.25, 0.3) is 5.69 Å². The van der Waals surface area contributed by atoms with E-state index in [9.17, 15) is 9.59 Å². The summed E-state index contributed by atoms with van der Waals surface area (Å²) in [5.41, 5.74) is 3.44. The van der Waals surface area contributed by atoms with E-state index in [1.807, 2.05) is 30.5 Å². The van der Waals surface area contributed by atoms with Gasteiger partial charge >= 0.3 is 0 Å². The SMILES string of the molecule is CCCCc1c2cn(-c3ccc(OC)cc3)c(=O)c1CCCCCCCCCCC2=O. The van der Waals surface area contributed by atoms with Gasteiger partial charge in [-0.2, -0.15) is 0 Å². The Morgan fingerprint density at radius 3 is 2.10 bits per heavy atom. The van der Waals surface area contributed by atoms with E-state index in [0.29, 0.717) is 6.42 Å². The first-order valence-corrected chi connectivity index (χ1v) is 12.1. The summed E-state index contributed by atoms with van der Waals surface area (Å²) in [7, 11) is 1.63. The molecule has 0 aliphatic heterocycles. The molecule has 3 rings (SSSR count). The fourth-order valence-electron chi connectivity index (χ4n) is 4.56. The first-order valence-electron chi connectivity index (χ1n) is 12.1. The number of carbonyl (C=O) groups excluding carboxylic acids is 1. The molecule has 0 N–H and O–H groups in total. The summed E-state index contributed by atoms with van der Waals surface area (Å²) < 4.78 is 6.95. The van der Waals surface area contributed by atoms with Crippen LogP contribution in [0.5, 0.6) is 5.75 Å². The van der Waals surface area contributed by atoms with E-state index < -0.39 is 0 Å². The summed E-state index contributed by atoms with van der Waals surface area (Å²) in [5.74, 6) is 0.939. The Labute approximate surface area is 186 Å². The van der Waals surface area contributed by atoms with E-state index >= 15 is 0 Å². The van der Waals surface area contributed by atoms with Gasteiger partial charge in [-0.15, -0.1) is 0 Å². The number of pyridine rings is 1. The summed E-state index contributed by atoms with van der Waals surface area (Å²) in [5, 5.41) is 0. The zero-order valence-electron chi connectivity index (χ0n) is 19.3. The van der Waals surface area contributed by atoms with E-state index in [4.69, 9.17) is 4.74 Å². The number of hydrogen-bond acceptors (Lipinski definition) is 3. The summed E-state index contributed by atoms with van der Waals surface area (Å²) in [6, 6.07) is 7.50. The molecule has 4 heteroatoms. The van der Waals surface area contributed by atoms with Crippen LogP contribution in [0.3, 0.4) is 0 Å². The first-order chi connectivity index (χ1) is 15.2. The fourth-order valence-corrected chi connectivity index (χ4v) is 4.56. The molecular formula is C27H37NO3. The number of ketones is 1. The van der Waals surface area contributed by atoms with Crippen LogP contribution >= 0.6 is 0 Å². The number of methoxy groups -OCH3 is 1. The molecule has 1 heterocycles. The van der Waals surface area contributed by atoms with Crippen molar-refractivity contribution in [2.45, 2.75) is 90.4 Å². The molecule has 0 spiro atoms. The Bertz CT molecular complexity index is 911. The molecule has 1 aromatic heterocycles.